The number of hydrogen-bond acceptors (Lipinski definition) is 10. The molecular weight excluding hydrogens is 726 g/mol. The molecule has 1 aliphatic rings. The molecule has 1 atom stereocenters. The fourth-order valence-electron chi connectivity index (χ4n) is 5.21. The fourth-order valence-corrected chi connectivity index (χ4v) is 7.05. The van der Waals surface area contributed by atoms with Crippen LogP contribution >= 0.6 is 38.9 Å². The number of thiazole rings is 1. The van der Waals surface area contributed by atoms with Gasteiger partial charge in [-0.25, -0.2) is 9.79 Å². The van der Waals surface area contributed by atoms with E-state index in [4.69, 9.17) is 30.5 Å². The van der Waals surface area contributed by atoms with Gasteiger partial charge >= 0.3 is 11.7 Å². The minimum absolute atomic E-state index is 0.0344. The van der Waals surface area contributed by atoms with Crippen molar-refractivity contribution in [2.45, 2.75) is 46.4 Å². The van der Waals surface area contributed by atoms with Crippen molar-refractivity contribution >= 4 is 56.6 Å². The van der Waals surface area contributed by atoms with Crippen LogP contribution in [0.4, 0.5) is 5.69 Å². The van der Waals surface area contributed by atoms with Gasteiger partial charge in [-0.3, -0.25) is 19.5 Å². The number of esters is 1. The maximum Gasteiger partial charge on any atom is 0.338 e. The van der Waals surface area contributed by atoms with E-state index in [1.165, 1.54) is 17.7 Å². The lowest BCUT2D eigenvalue weighted by Gasteiger charge is -2.25. The van der Waals surface area contributed by atoms with Crippen LogP contribution in [0.1, 0.15) is 50.4 Å². The zero-order valence-electron chi connectivity index (χ0n) is 26.6. The number of nitro benzene ring substituents is 1. The van der Waals surface area contributed by atoms with Gasteiger partial charge in [0, 0.05) is 11.1 Å². The van der Waals surface area contributed by atoms with Gasteiger partial charge in [-0.05, 0) is 96.7 Å². The van der Waals surface area contributed by atoms with E-state index in [-0.39, 0.29) is 40.9 Å². The fraction of sp³-hybridized carbons (Fsp3) is 0.265. The zero-order valence-corrected chi connectivity index (χ0v) is 29.8. The molecule has 0 fully saturated rings. The Morgan fingerprint density at radius 3 is 2.62 bits per heavy atom. The molecule has 5 rings (SSSR count). The van der Waals surface area contributed by atoms with Crippen molar-refractivity contribution in [1.82, 2.24) is 4.57 Å². The molecule has 0 unspecified atom stereocenters. The van der Waals surface area contributed by atoms with Crippen LogP contribution in [0.3, 0.4) is 0 Å². The first kappa shape index (κ1) is 34.9. The summed E-state index contributed by atoms with van der Waals surface area (Å²) in [6.07, 6.45) is 1.43. The highest BCUT2D eigenvalue weighted by Crippen LogP contribution is 2.38. The molecule has 2 heterocycles. The average Bonchev–Trinajstić information content (AvgIpc) is 3.33. The number of carbonyl (C=O) groups excluding carboxylic acids is 1. The number of rotatable bonds is 11. The van der Waals surface area contributed by atoms with Crippen LogP contribution in [0.25, 0.3) is 6.08 Å². The third kappa shape index (κ3) is 7.33. The number of benzene rings is 3. The Morgan fingerprint density at radius 2 is 1.96 bits per heavy atom. The molecule has 250 valence electrons. The van der Waals surface area contributed by atoms with Crippen molar-refractivity contribution in [1.29, 1.82) is 0 Å². The largest absolute Gasteiger partial charge is 0.493 e. The first-order valence-electron chi connectivity index (χ1n) is 14.8. The van der Waals surface area contributed by atoms with Crippen molar-refractivity contribution in [2.24, 2.45) is 4.99 Å². The zero-order chi connectivity index (χ0) is 34.7. The van der Waals surface area contributed by atoms with Crippen molar-refractivity contribution in [3.05, 3.63) is 122 Å². The molecular formula is C34H31BrClN3O8S. The van der Waals surface area contributed by atoms with Gasteiger partial charge in [0.25, 0.3) is 5.56 Å². The number of hydrogen-bond donors (Lipinski definition) is 0. The second-order valence-corrected chi connectivity index (χ2v) is 13.2. The molecule has 0 bridgehead atoms. The number of halogens is 2. The summed E-state index contributed by atoms with van der Waals surface area (Å²) < 4.78 is 24.7. The van der Waals surface area contributed by atoms with Crippen LogP contribution in [-0.2, 0) is 16.1 Å². The van der Waals surface area contributed by atoms with Crippen molar-refractivity contribution in [3.63, 3.8) is 0 Å². The number of nitrogens with zero attached hydrogens (tertiary/aromatic N) is 3. The Hall–Kier alpha value is -4.46. The maximum absolute atomic E-state index is 14.1. The van der Waals surface area contributed by atoms with Crippen LogP contribution < -0.4 is 29.1 Å². The highest BCUT2D eigenvalue weighted by Gasteiger charge is 2.34. The Kier molecular flexibility index (Phi) is 10.7. The molecule has 0 radical (unpaired) electrons. The van der Waals surface area contributed by atoms with Gasteiger partial charge in [-0.15, -0.1) is 0 Å². The Balaban J connectivity index is 1.62. The molecule has 14 heteroatoms. The van der Waals surface area contributed by atoms with Crippen LogP contribution in [0.5, 0.6) is 17.2 Å². The quantitative estimate of drug-likeness (QED) is 0.0964. The summed E-state index contributed by atoms with van der Waals surface area (Å²) in [7, 11) is 1.51. The molecule has 0 aliphatic carbocycles. The summed E-state index contributed by atoms with van der Waals surface area (Å²) in [5, 5.41) is 12.6. The maximum atomic E-state index is 14.1. The van der Waals surface area contributed by atoms with E-state index in [2.05, 4.69) is 20.9 Å². The van der Waals surface area contributed by atoms with Crippen LogP contribution in [0.15, 0.2) is 80.1 Å². The Labute approximate surface area is 293 Å². The molecule has 1 aromatic heterocycles. The molecule has 0 N–H and O–H groups in total. The van der Waals surface area contributed by atoms with E-state index in [1.807, 2.05) is 13.8 Å². The number of fused-ring (bicyclic) bond motifs is 1. The van der Waals surface area contributed by atoms with E-state index in [1.54, 1.807) is 68.5 Å². The SMILES string of the molecule is CCOC(=O)C1=C(C)N=c2s/c(=C/c3cc(Br)c(OCc4cccc(Cl)c4)c([N+](=O)[O-])c3)c(=O)n2[C@H]1c1ccc(OC(C)C)c(OC)c1. The topological polar surface area (TPSA) is 131 Å². The smallest absolute Gasteiger partial charge is 0.338 e. The number of methoxy groups -OCH3 is 1. The van der Waals surface area contributed by atoms with E-state index >= 15 is 0 Å². The lowest BCUT2D eigenvalue weighted by Crippen LogP contribution is -2.40. The monoisotopic (exact) mass is 755 g/mol. The summed E-state index contributed by atoms with van der Waals surface area (Å²) in [6.45, 7) is 7.35. The van der Waals surface area contributed by atoms with Crippen LogP contribution in [-0.4, -0.2) is 35.3 Å². The van der Waals surface area contributed by atoms with Gasteiger partial charge in [0.15, 0.2) is 16.3 Å². The summed E-state index contributed by atoms with van der Waals surface area (Å²) in [6, 6.07) is 14.3. The Bertz CT molecular complexity index is 2130. The molecule has 0 amide bonds. The van der Waals surface area contributed by atoms with Crippen molar-refractivity contribution in [3.8, 4) is 17.2 Å². The van der Waals surface area contributed by atoms with E-state index < -0.39 is 22.5 Å². The predicted molar refractivity (Wildman–Crippen MR) is 186 cm³/mol. The number of nitro groups is 1. The second-order valence-electron chi connectivity index (χ2n) is 10.9. The van der Waals surface area contributed by atoms with Crippen molar-refractivity contribution < 1.29 is 28.7 Å². The third-order valence-corrected chi connectivity index (χ3v) is 9.00. The van der Waals surface area contributed by atoms with Crippen LogP contribution in [0, 0.1) is 10.1 Å². The van der Waals surface area contributed by atoms with Crippen LogP contribution in [0.2, 0.25) is 5.02 Å². The predicted octanol–water partition coefficient (Wildman–Crippen LogP) is 6.50. The minimum atomic E-state index is -0.896. The lowest BCUT2D eigenvalue weighted by atomic mass is 9.95. The number of allylic oxidation sites excluding steroid dienone is 1. The van der Waals surface area contributed by atoms with Gasteiger partial charge in [0.1, 0.15) is 6.61 Å². The molecule has 0 spiro atoms. The van der Waals surface area contributed by atoms with Gasteiger partial charge < -0.3 is 18.9 Å². The molecule has 11 nitrogen and oxygen atoms in total. The second kappa shape index (κ2) is 14.8. The van der Waals surface area contributed by atoms with Gasteiger partial charge in [-0.2, -0.15) is 0 Å². The molecule has 3 aromatic carbocycles. The summed E-state index contributed by atoms with van der Waals surface area (Å²) in [5.41, 5.74) is 1.55. The molecule has 1 aliphatic heterocycles. The third-order valence-electron chi connectivity index (χ3n) is 7.20. The average molecular weight is 757 g/mol. The number of carbonyl (C=O) groups is 1. The lowest BCUT2D eigenvalue weighted by molar-refractivity contribution is -0.386. The molecule has 0 saturated heterocycles. The number of aromatic nitrogens is 1. The van der Waals surface area contributed by atoms with E-state index in [0.717, 1.165) is 16.9 Å². The highest BCUT2D eigenvalue weighted by atomic mass is 79.9. The standard InChI is InChI=1S/C34H31BrClN3O8S/c1-6-45-33(41)29-19(4)37-34-38(30(29)22-10-11-26(47-18(2)3)27(16-22)44-5)32(40)28(48-34)15-21-13-24(35)31(25(14-21)39(42)43)46-17-20-8-7-9-23(36)12-20/h7-16,18,30H,6,17H2,1-5H3/b28-15+/t30-/m0/s1. The molecule has 48 heavy (non-hydrogen) atoms. The molecule has 0 saturated carbocycles. The normalized spacial score (nSPS) is 14.4. The van der Waals surface area contributed by atoms with Gasteiger partial charge in [0.05, 0.1) is 51.1 Å². The number of ether oxygens (including phenoxy) is 4. The Morgan fingerprint density at radius 1 is 1.19 bits per heavy atom. The summed E-state index contributed by atoms with van der Waals surface area (Å²) in [4.78, 5) is 44.0. The van der Waals surface area contributed by atoms with Crippen molar-refractivity contribution in [2.75, 3.05) is 13.7 Å². The highest BCUT2D eigenvalue weighted by molar-refractivity contribution is 9.10. The van der Waals surface area contributed by atoms with E-state index in [0.29, 0.717) is 42.6 Å². The minimum Gasteiger partial charge on any atom is -0.493 e. The van der Waals surface area contributed by atoms with Gasteiger partial charge in [-0.1, -0.05) is 41.1 Å². The first-order chi connectivity index (χ1) is 22.9. The van der Waals surface area contributed by atoms with E-state index in [9.17, 15) is 19.7 Å². The van der Waals surface area contributed by atoms with Gasteiger partial charge in [0.2, 0.25) is 5.75 Å². The summed E-state index contributed by atoms with van der Waals surface area (Å²) in [5.74, 6) is 0.366. The first-order valence-corrected chi connectivity index (χ1v) is 16.8. The summed E-state index contributed by atoms with van der Waals surface area (Å²) >= 11 is 10.6. The molecule has 4 aromatic rings.